The maximum absolute atomic E-state index is 12.6. The molecule has 0 aromatic heterocycles. The number of carbonyl (C=O) groups excluding carboxylic acids is 2. The Morgan fingerprint density at radius 1 is 0.967 bits per heavy atom. The summed E-state index contributed by atoms with van der Waals surface area (Å²) in [6, 6.07) is 16.5. The van der Waals surface area contributed by atoms with Crippen molar-refractivity contribution < 1.29 is 28.5 Å². The molecule has 30 heavy (non-hydrogen) atoms. The second-order valence-corrected chi connectivity index (χ2v) is 7.05. The summed E-state index contributed by atoms with van der Waals surface area (Å²) in [7, 11) is 0. The van der Waals surface area contributed by atoms with Crippen molar-refractivity contribution in [3.8, 4) is 23.0 Å². The second kappa shape index (κ2) is 7.24. The number of Topliss-reactive ketones (excluding diaryl/α,β-unsaturated/α-hetero) is 1. The molecular weight excluding hydrogens is 408 g/mol. The van der Waals surface area contributed by atoms with Gasteiger partial charge in [-0.1, -0.05) is 23.7 Å². The number of halogens is 1. The Hall–Kier alpha value is -3.77. The maximum atomic E-state index is 12.6. The first kappa shape index (κ1) is 18.3. The number of esters is 1. The second-order valence-electron chi connectivity index (χ2n) is 6.61. The van der Waals surface area contributed by atoms with Gasteiger partial charge in [0, 0.05) is 11.1 Å². The van der Waals surface area contributed by atoms with E-state index >= 15 is 0 Å². The highest BCUT2D eigenvalue weighted by atomic mass is 35.5. The van der Waals surface area contributed by atoms with Crippen LogP contribution in [0.25, 0.3) is 6.08 Å². The van der Waals surface area contributed by atoms with Crippen LogP contribution < -0.4 is 18.9 Å². The molecule has 0 spiro atoms. The predicted octanol–water partition coefficient (Wildman–Crippen LogP) is 4.90. The van der Waals surface area contributed by atoms with Crippen molar-refractivity contribution in [3.63, 3.8) is 0 Å². The van der Waals surface area contributed by atoms with Gasteiger partial charge in [0.15, 0.2) is 17.3 Å². The third kappa shape index (κ3) is 3.38. The van der Waals surface area contributed by atoms with E-state index < -0.39 is 5.97 Å². The van der Waals surface area contributed by atoms with Crippen molar-refractivity contribution in [2.24, 2.45) is 0 Å². The van der Waals surface area contributed by atoms with Crippen LogP contribution in [0.1, 0.15) is 26.3 Å². The molecule has 0 fully saturated rings. The van der Waals surface area contributed by atoms with Gasteiger partial charge in [-0.3, -0.25) is 4.79 Å². The van der Waals surface area contributed by atoms with Crippen LogP contribution in [0.15, 0.2) is 66.4 Å². The van der Waals surface area contributed by atoms with Crippen molar-refractivity contribution in [2.45, 2.75) is 0 Å². The minimum atomic E-state index is -0.563. The van der Waals surface area contributed by atoms with Crippen molar-refractivity contribution in [1.82, 2.24) is 0 Å². The summed E-state index contributed by atoms with van der Waals surface area (Å²) in [5, 5.41) is 0.560. The van der Waals surface area contributed by atoms with E-state index in [1.165, 1.54) is 6.07 Å². The highest BCUT2D eigenvalue weighted by Crippen LogP contribution is 2.36. The third-order valence-corrected chi connectivity index (χ3v) is 4.84. The van der Waals surface area contributed by atoms with Crippen LogP contribution in [0.3, 0.4) is 0 Å². The fourth-order valence-electron chi connectivity index (χ4n) is 3.17. The van der Waals surface area contributed by atoms with Crippen molar-refractivity contribution in [2.75, 3.05) is 6.79 Å². The molecule has 0 atom stereocenters. The molecule has 2 heterocycles. The average molecular weight is 421 g/mol. The van der Waals surface area contributed by atoms with Gasteiger partial charge in [-0.05, 0) is 54.1 Å². The highest BCUT2D eigenvalue weighted by Gasteiger charge is 2.28. The molecule has 0 amide bonds. The van der Waals surface area contributed by atoms with Crippen LogP contribution in [0.2, 0.25) is 5.02 Å². The van der Waals surface area contributed by atoms with Gasteiger partial charge in [0.25, 0.3) is 0 Å². The molecule has 0 N–H and O–H groups in total. The van der Waals surface area contributed by atoms with E-state index in [-0.39, 0.29) is 24.1 Å². The molecule has 0 aliphatic carbocycles. The molecular formula is C23H13ClO6. The van der Waals surface area contributed by atoms with Gasteiger partial charge in [-0.2, -0.15) is 0 Å². The zero-order chi connectivity index (χ0) is 20.7. The van der Waals surface area contributed by atoms with Gasteiger partial charge in [-0.25, -0.2) is 4.79 Å². The Bertz CT molecular complexity index is 1230. The van der Waals surface area contributed by atoms with Crippen molar-refractivity contribution >= 4 is 29.4 Å². The molecule has 5 rings (SSSR count). The minimum Gasteiger partial charge on any atom is -0.454 e. The average Bonchev–Trinajstić information content (AvgIpc) is 3.32. The zero-order valence-corrected chi connectivity index (χ0v) is 16.1. The fraction of sp³-hybridized carbons (Fsp3) is 0.0435. The Morgan fingerprint density at radius 2 is 1.83 bits per heavy atom. The van der Waals surface area contributed by atoms with Crippen LogP contribution in [-0.2, 0) is 0 Å². The van der Waals surface area contributed by atoms with Gasteiger partial charge in [-0.15, -0.1) is 0 Å². The number of fused-ring (bicyclic) bond motifs is 2. The topological polar surface area (TPSA) is 71.1 Å². The van der Waals surface area contributed by atoms with E-state index in [1.54, 1.807) is 54.6 Å². The van der Waals surface area contributed by atoms with E-state index in [1.807, 2.05) is 6.07 Å². The van der Waals surface area contributed by atoms with Crippen LogP contribution in [0.4, 0.5) is 0 Å². The SMILES string of the molecule is O=C(Oc1ccc2c(c1)OC(=Cc1cccc(Cl)c1)C2=O)c1ccc2c(c1)OCO2. The Kier molecular flexibility index (Phi) is 4.41. The molecule has 7 heteroatoms. The number of carbonyl (C=O) groups is 2. The summed E-state index contributed by atoms with van der Waals surface area (Å²) < 4.78 is 21.6. The van der Waals surface area contributed by atoms with E-state index in [4.69, 9.17) is 30.5 Å². The van der Waals surface area contributed by atoms with E-state index in [0.29, 0.717) is 33.4 Å². The highest BCUT2D eigenvalue weighted by molar-refractivity contribution is 6.30. The number of benzene rings is 3. The van der Waals surface area contributed by atoms with Gasteiger partial charge >= 0.3 is 5.97 Å². The Balaban J connectivity index is 1.36. The summed E-state index contributed by atoms with van der Waals surface area (Å²) >= 11 is 5.99. The zero-order valence-electron chi connectivity index (χ0n) is 15.4. The third-order valence-electron chi connectivity index (χ3n) is 4.61. The normalized spacial score (nSPS) is 15.1. The van der Waals surface area contributed by atoms with Gasteiger partial charge in [0.1, 0.15) is 11.5 Å². The molecule has 0 radical (unpaired) electrons. The lowest BCUT2D eigenvalue weighted by atomic mass is 10.1. The quantitative estimate of drug-likeness (QED) is 0.341. The number of ketones is 1. The van der Waals surface area contributed by atoms with E-state index in [0.717, 1.165) is 5.56 Å². The molecule has 6 nitrogen and oxygen atoms in total. The lowest BCUT2D eigenvalue weighted by molar-refractivity contribution is 0.0734. The molecule has 2 aliphatic heterocycles. The summed E-state index contributed by atoms with van der Waals surface area (Å²) in [4.78, 5) is 25.1. The Labute approximate surface area is 176 Å². The van der Waals surface area contributed by atoms with Crippen LogP contribution >= 0.6 is 11.6 Å². The maximum Gasteiger partial charge on any atom is 0.343 e. The predicted molar refractivity (Wildman–Crippen MR) is 108 cm³/mol. The number of ether oxygens (including phenoxy) is 4. The van der Waals surface area contributed by atoms with Crippen molar-refractivity contribution in [1.29, 1.82) is 0 Å². The number of allylic oxidation sites excluding steroid dienone is 1. The van der Waals surface area contributed by atoms with Gasteiger partial charge < -0.3 is 18.9 Å². The number of rotatable bonds is 3. The minimum absolute atomic E-state index is 0.120. The molecule has 2 aliphatic rings. The first-order valence-electron chi connectivity index (χ1n) is 9.02. The Morgan fingerprint density at radius 3 is 2.70 bits per heavy atom. The summed E-state index contributed by atoms with van der Waals surface area (Å²) in [5.74, 6) is 1.01. The lowest BCUT2D eigenvalue weighted by Gasteiger charge is -2.06. The van der Waals surface area contributed by atoms with Gasteiger partial charge in [0.2, 0.25) is 12.6 Å². The summed E-state index contributed by atoms with van der Waals surface area (Å²) in [6.45, 7) is 0.120. The number of hydrogen-bond acceptors (Lipinski definition) is 6. The monoisotopic (exact) mass is 420 g/mol. The van der Waals surface area contributed by atoms with Crippen molar-refractivity contribution in [3.05, 3.63) is 88.1 Å². The van der Waals surface area contributed by atoms with Gasteiger partial charge in [0.05, 0.1) is 11.1 Å². The summed E-state index contributed by atoms with van der Waals surface area (Å²) in [5.41, 5.74) is 1.46. The van der Waals surface area contributed by atoms with E-state index in [2.05, 4.69) is 0 Å². The first-order valence-corrected chi connectivity index (χ1v) is 9.40. The van der Waals surface area contributed by atoms with Crippen LogP contribution in [0.5, 0.6) is 23.0 Å². The molecule has 0 unspecified atom stereocenters. The summed E-state index contributed by atoms with van der Waals surface area (Å²) in [6.07, 6.45) is 1.62. The molecule has 0 saturated carbocycles. The molecule has 0 saturated heterocycles. The van der Waals surface area contributed by atoms with Crippen LogP contribution in [0, 0.1) is 0 Å². The molecule has 0 bridgehead atoms. The fourth-order valence-corrected chi connectivity index (χ4v) is 3.37. The first-order chi connectivity index (χ1) is 14.6. The number of hydrogen-bond donors (Lipinski definition) is 0. The largest absolute Gasteiger partial charge is 0.454 e. The molecule has 3 aromatic carbocycles. The van der Waals surface area contributed by atoms with Crippen LogP contribution in [-0.4, -0.2) is 18.5 Å². The molecule has 148 valence electrons. The standard InChI is InChI=1S/C23H13ClO6/c24-15-3-1-2-13(8-15)9-21-22(25)17-6-5-16(11-19(17)30-21)29-23(26)14-4-7-18-20(10-14)28-12-27-18/h1-11H,12H2. The smallest absolute Gasteiger partial charge is 0.343 e. The van der Waals surface area contributed by atoms with E-state index in [9.17, 15) is 9.59 Å². The lowest BCUT2D eigenvalue weighted by Crippen LogP contribution is -2.08. The molecule has 3 aromatic rings.